The van der Waals surface area contributed by atoms with Gasteiger partial charge in [-0.1, -0.05) is 19.8 Å². The zero-order valence-corrected chi connectivity index (χ0v) is 11.9. The summed E-state index contributed by atoms with van der Waals surface area (Å²) in [6.07, 6.45) is 5.06. The van der Waals surface area contributed by atoms with Crippen LogP contribution in [0.3, 0.4) is 0 Å². The second-order valence-corrected chi connectivity index (χ2v) is 5.49. The summed E-state index contributed by atoms with van der Waals surface area (Å²) in [5.74, 6) is 0.892. The van der Waals surface area contributed by atoms with E-state index in [9.17, 15) is 9.18 Å². The third-order valence-electron chi connectivity index (χ3n) is 3.87. The number of carbonyl (C=O) groups excluding carboxylic acids is 1. The van der Waals surface area contributed by atoms with Crippen LogP contribution in [0.2, 0.25) is 0 Å². The molecule has 0 aromatic heterocycles. The lowest BCUT2D eigenvalue weighted by Gasteiger charge is -2.29. The van der Waals surface area contributed by atoms with E-state index >= 15 is 0 Å². The van der Waals surface area contributed by atoms with Gasteiger partial charge in [0.2, 0.25) is 5.91 Å². The summed E-state index contributed by atoms with van der Waals surface area (Å²) < 4.78 is 18.1. The van der Waals surface area contributed by atoms with E-state index < -0.39 is 0 Å². The predicted octanol–water partition coefficient (Wildman–Crippen LogP) is 3.29. The summed E-state index contributed by atoms with van der Waals surface area (Å²) in [5.41, 5.74) is 0. The van der Waals surface area contributed by atoms with Crippen LogP contribution in [0.25, 0.3) is 0 Å². The van der Waals surface area contributed by atoms with Crippen LogP contribution in [0.4, 0.5) is 4.39 Å². The van der Waals surface area contributed by atoms with E-state index in [1.54, 1.807) is 12.1 Å². The number of rotatable bonds is 5. The van der Waals surface area contributed by atoms with Gasteiger partial charge in [0.25, 0.3) is 0 Å². The number of ether oxygens (including phenoxy) is 1. The van der Waals surface area contributed by atoms with Crippen molar-refractivity contribution in [1.82, 2.24) is 5.32 Å². The molecule has 1 aliphatic carbocycles. The maximum Gasteiger partial charge on any atom is 0.223 e. The van der Waals surface area contributed by atoms with Gasteiger partial charge in [0.1, 0.15) is 11.6 Å². The molecule has 2 atom stereocenters. The molecule has 0 saturated heterocycles. The SMILES string of the molecule is CC1CCCCC1NC(=O)CCOc1ccc(F)cc1. The molecule has 0 bridgehead atoms. The molecule has 1 aromatic rings. The van der Waals surface area contributed by atoms with Crippen molar-refractivity contribution in [3.63, 3.8) is 0 Å². The fourth-order valence-electron chi connectivity index (χ4n) is 2.60. The van der Waals surface area contributed by atoms with Crippen LogP contribution in [0, 0.1) is 11.7 Å². The van der Waals surface area contributed by atoms with Crippen molar-refractivity contribution in [2.24, 2.45) is 5.92 Å². The molecule has 2 rings (SSSR count). The molecule has 1 N–H and O–H groups in total. The smallest absolute Gasteiger partial charge is 0.223 e. The normalized spacial score (nSPS) is 22.3. The molecule has 1 amide bonds. The van der Waals surface area contributed by atoms with E-state index in [4.69, 9.17) is 4.74 Å². The lowest BCUT2D eigenvalue weighted by Crippen LogP contribution is -2.41. The standard InChI is InChI=1S/C16H22FNO2/c1-12-4-2-3-5-15(12)18-16(19)10-11-20-14-8-6-13(17)7-9-14/h6-9,12,15H,2-5,10-11H2,1H3,(H,18,19). The average Bonchev–Trinajstić information content (AvgIpc) is 2.44. The van der Waals surface area contributed by atoms with Gasteiger partial charge in [0.05, 0.1) is 13.0 Å². The van der Waals surface area contributed by atoms with Crippen LogP contribution >= 0.6 is 0 Å². The maximum absolute atomic E-state index is 12.7. The van der Waals surface area contributed by atoms with Crippen LogP contribution in [-0.4, -0.2) is 18.6 Å². The largest absolute Gasteiger partial charge is 0.493 e. The molecular weight excluding hydrogens is 257 g/mol. The zero-order chi connectivity index (χ0) is 14.4. The summed E-state index contributed by atoms with van der Waals surface area (Å²) in [6, 6.07) is 6.13. The molecule has 0 spiro atoms. The van der Waals surface area contributed by atoms with Crippen molar-refractivity contribution in [2.45, 2.75) is 45.1 Å². The Labute approximate surface area is 119 Å². The Kier molecular flexibility index (Phi) is 5.39. The van der Waals surface area contributed by atoms with Gasteiger partial charge in [-0.2, -0.15) is 0 Å². The minimum Gasteiger partial charge on any atom is -0.493 e. The Morgan fingerprint density at radius 1 is 1.30 bits per heavy atom. The van der Waals surface area contributed by atoms with Gasteiger partial charge in [-0.3, -0.25) is 4.79 Å². The van der Waals surface area contributed by atoms with E-state index in [1.165, 1.54) is 31.4 Å². The van der Waals surface area contributed by atoms with Crippen molar-refractivity contribution in [2.75, 3.05) is 6.61 Å². The summed E-state index contributed by atoms with van der Waals surface area (Å²) in [5, 5.41) is 3.09. The number of hydrogen-bond acceptors (Lipinski definition) is 2. The Morgan fingerprint density at radius 3 is 2.70 bits per heavy atom. The first-order valence-corrected chi connectivity index (χ1v) is 7.33. The first kappa shape index (κ1) is 14.8. The van der Waals surface area contributed by atoms with Crippen LogP contribution in [-0.2, 0) is 4.79 Å². The van der Waals surface area contributed by atoms with Crippen LogP contribution in [0.5, 0.6) is 5.75 Å². The molecule has 110 valence electrons. The molecule has 0 radical (unpaired) electrons. The molecule has 4 heteroatoms. The highest BCUT2D eigenvalue weighted by Gasteiger charge is 2.22. The third kappa shape index (κ3) is 4.51. The van der Waals surface area contributed by atoms with Crippen molar-refractivity contribution < 1.29 is 13.9 Å². The lowest BCUT2D eigenvalue weighted by atomic mass is 9.86. The van der Waals surface area contributed by atoms with E-state index in [2.05, 4.69) is 12.2 Å². The van der Waals surface area contributed by atoms with E-state index in [0.29, 0.717) is 30.7 Å². The Morgan fingerprint density at radius 2 is 2.00 bits per heavy atom. The molecule has 1 aromatic carbocycles. The van der Waals surface area contributed by atoms with Crippen molar-refractivity contribution in [3.05, 3.63) is 30.1 Å². The monoisotopic (exact) mass is 279 g/mol. The molecule has 3 nitrogen and oxygen atoms in total. The Hall–Kier alpha value is -1.58. The number of halogens is 1. The summed E-state index contributed by atoms with van der Waals surface area (Å²) in [4.78, 5) is 11.9. The summed E-state index contributed by atoms with van der Waals surface area (Å²) in [7, 11) is 0. The predicted molar refractivity (Wildman–Crippen MR) is 76.1 cm³/mol. The number of carbonyl (C=O) groups is 1. The molecule has 1 saturated carbocycles. The van der Waals surface area contributed by atoms with E-state index in [1.807, 2.05) is 0 Å². The number of nitrogens with one attached hydrogen (secondary N) is 1. The van der Waals surface area contributed by atoms with Gasteiger partial charge in [-0.15, -0.1) is 0 Å². The highest BCUT2D eigenvalue weighted by molar-refractivity contribution is 5.76. The van der Waals surface area contributed by atoms with Gasteiger partial charge in [-0.25, -0.2) is 4.39 Å². The first-order chi connectivity index (χ1) is 9.65. The van der Waals surface area contributed by atoms with Crippen molar-refractivity contribution in [1.29, 1.82) is 0 Å². The average molecular weight is 279 g/mol. The maximum atomic E-state index is 12.7. The fourth-order valence-corrected chi connectivity index (χ4v) is 2.60. The van der Waals surface area contributed by atoms with Crippen molar-refractivity contribution >= 4 is 5.91 Å². The lowest BCUT2D eigenvalue weighted by molar-refractivity contribution is -0.122. The van der Waals surface area contributed by atoms with Gasteiger partial charge in [0.15, 0.2) is 0 Å². The van der Waals surface area contributed by atoms with Gasteiger partial charge < -0.3 is 10.1 Å². The number of amides is 1. The Balaban J connectivity index is 1.68. The van der Waals surface area contributed by atoms with Crippen LogP contribution in [0.1, 0.15) is 39.0 Å². The van der Waals surface area contributed by atoms with Gasteiger partial charge in [-0.05, 0) is 43.0 Å². The first-order valence-electron chi connectivity index (χ1n) is 7.33. The zero-order valence-electron chi connectivity index (χ0n) is 11.9. The highest BCUT2D eigenvalue weighted by Crippen LogP contribution is 2.23. The topological polar surface area (TPSA) is 38.3 Å². The summed E-state index contributed by atoms with van der Waals surface area (Å²) in [6.45, 7) is 2.51. The second-order valence-electron chi connectivity index (χ2n) is 5.49. The Bertz CT molecular complexity index is 433. The quantitative estimate of drug-likeness (QED) is 0.898. The van der Waals surface area contributed by atoms with E-state index in [-0.39, 0.29) is 11.7 Å². The highest BCUT2D eigenvalue weighted by atomic mass is 19.1. The number of benzene rings is 1. The van der Waals surface area contributed by atoms with Gasteiger partial charge in [0, 0.05) is 6.04 Å². The van der Waals surface area contributed by atoms with Crippen molar-refractivity contribution in [3.8, 4) is 5.75 Å². The molecule has 1 fully saturated rings. The van der Waals surface area contributed by atoms with Crippen LogP contribution in [0.15, 0.2) is 24.3 Å². The third-order valence-corrected chi connectivity index (χ3v) is 3.87. The molecule has 0 aliphatic heterocycles. The van der Waals surface area contributed by atoms with Crippen LogP contribution < -0.4 is 10.1 Å². The minimum atomic E-state index is -0.290. The summed E-state index contributed by atoms with van der Waals surface area (Å²) >= 11 is 0. The number of hydrogen-bond donors (Lipinski definition) is 1. The van der Waals surface area contributed by atoms with Gasteiger partial charge >= 0.3 is 0 Å². The van der Waals surface area contributed by atoms with E-state index in [0.717, 1.165) is 6.42 Å². The molecule has 2 unspecified atom stereocenters. The molecule has 20 heavy (non-hydrogen) atoms. The molecule has 0 heterocycles. The minimum absolute atomic E-state index is 0.0332. The fraction of sp³-hybridized carbons (Fsp3) is 0.562. The molecule has 1 aliphatic rings. The second kappa shape index (κ2) is 7.27. The molecular formula is C16H22FNO2.